The first-order valence-electron chi connectivity index (χ1n) is 15.6. The Kier molecular flexibility index (Phi) is 6.94. The monoisotopic (exact) mass is 622 g/mol. The second kappa shape index (κ2) is 10.9. The van der Waals surface area contributed by atoms with Gasteiger partial charge >= 0.3 is 6.01 Å². The number of thiazole rings is 1. The van der Waals surface area contributed by atoms with Crippen LogP contribution in [-0.2, 0) is 0 Å². The quantitative estimate of drug-likeness (QED) is 0.345. The highest BCUT2D eigenvalue weighted by Crippen LogP contribution is 2.42. The number of nitrogen functional groups attached to an aromatic ring is 1. The van der Waals surface area contributed by atoms with Crippen LogP contribution in [0.3, 0.4) is 0 Å². The van der Waals surface area contributed by atoms with E-state index in [1.54, 1.807) is 6.07 Å². The van der Waals surface area contributed by atoms with Crippen molar-refractivity contribution in [3.05, 3.63) is 34.4 Å². The number of benzene rings is 1. The molecule has 2 bridgehead atoms. The summed E-state index contributed by atoms with van der Waals surface area (Å²) < 4.78 is 34.8. The lowest BCUT2D eigenvalue weighted by molar-refractivity contribution is 0.292. The van der Waals surface area contributed by atoms with Crippen LogP contribution in [0, 0.1) is 5.82 Å². The normalized spacial score (nSPS) is 26.3. The molecule has 4 aromatic rings. The molecule has 4 atom stereocenters. The molecular formula is C31H36F2N8O2S. The molecule has 0 spiro atoms. The Hall–Kier alpha value is -3.42. The van der Waals surface area contributed by atoms with Crippen LogP contribution in [0.2, 0.25) is 0 Å². The van der Waals surface area contributed by atoms with Crippen molar-refractivity contribution in [3.63, 3.8) is 0 Å². The maximum atomic E-state index is 14.5. The van der Waals surface area contributed by atoms with E-state index >= 15 is 0 Å². The minimum absolute atomic E-state index is 0.0761. The van der Waals surface area contributed by atoms with Crippen LogP contribution < -0.4 is 26.2 Å². The minimum Gasteiger partial charge on any atom is -0.467 e. The van der Waals surface area contributed by atoms with E-state index in [4.69, 9.17) is 10.5 Å². The van der Waals surface area contributed by atoms with E-state index in [-0.39, 0.29) is 28.6 Å². The van der Waals surface area contributed by atoms with Gasteiger partial charge in [-0.05, 0) is 69.7 Å². The van der Waals surface area contributed by atoms with Gasteiger partial charge in [0, 0.05) is 49.4 Å². The maximum absolute atomic E-state index is 14.5. The lowest BCUT2D eigenvalue weighted by atomic mass is 10.1. The van der Waals surface area contributed by atoms with Crippen molar-refractivity contribution in [2.45, 2.75) is 75.3 Å². The van der Waals surface area contributed by atoms with Crippen molar-refractivity contribution in [2.24, 2.45) is 0 Å². The number of pyridine rings is 1. The largest absolute Gasteiger partial charge is 0.467 e. The molecule has 1 aliphatic carbocycles. The first-order chi connectivity index (χ1) is 21.4. The summed E-state index contributed by atoms with van der Waals surface area (Å²) in [6, 6.07) is 6.64. The number of halogens is 2. The van der Waals surface area contributed by atoms with Gasteiger partial charge in [-0.15, -0.1) is 0 Å². The van der Waals surface area contributed by atoms with Gasteiger partial charge in [-0.2, -0.15) is 9.97 Å². The van der Waals surface area contributed by atoms with Gasteiger partial charge in [-0.1, -0.05) is 11.3 Å². The first-order valence-corrected chi connectivity index (χ1v) is 16.4. The zero-order valence-electron chi connectivity index (χ0n) is 24.6. The van der Waals surface area contributed by atoms with Crippen LogP contribution in [0.1, 0.15) is 51.0 Å². The van der Waals surface area contributed by atoms with Crippen LogP contribution >= 0.6 is 11.3 Å². The fraction of sp³-hybridized carbons (Fsp3) is 0.548. The number of anilines is 2. The smallest absolute Gasteiger partial charge is 0.318 e. The van der Waals surface area contributed by atoms with Crippen molar-refractivity contribution in [1.82, 2.24) is 29.7 Å². The molecule has 4 unspecified atom stereocenters. The Morgan fingerprint density at radius 3 is 2.57 bits per heavy atom. The number of hydrogen-bond donors (Lipinski definition) is 2. The number of nitrogens with one attached hydrogen (secondary N) is 1. The number of rotatable bonds is 4. The predicted molar refractivity (Wildman–Crippen MR) is 168 cm³/mol. The van der Waals surface area contributed by atoms with E-state index in [1.807, 2.05) is 10.6 Å². The fourth-order valence-electron chi connectivity index (χ4n) is 7.60. The van der Waals surface area contributed by atoms with Crippen LogP contribution in [0.4, 0.5) is 19.7 Å². The number of methoxy groups -OCH3 is 1. The van der Waals surface area contributed by atoms with Gasteiger partial charge in [0.15, 0.2) is 5.13 Å². The second-order valence-electron chi connectivity index (χ2n) is 12.7. The van der Waals surface area contributed by atoms with Crippen LogP contribution in [0.5, 0.6) is 6.01 Å². The van der Waals surface area contributed by atoms with Crippen LogP contribution in [-0.4, -0.2) is 82.0 Å². The molecule has 13 heteroatoms. The van der Waals surface area contributed by atoms with Gasteiger partial charge in [0.05, 0.1) is 28.5 Å². The van der Waals surface area contributed by atoms with Crippen molar-refractivity contribution >= 4 is 43.4 Å². The molecule has 9 rings (SSSR count). The van der Waals surface area contributed by atoms with E-state index < -0.39 is 6.17 Å². The minimum atomic E-state index is -0.518. The molecule has 0 radical (unpaired) electrons. The number of hydrogen-bond acceptors (Lipinski definition) is 10. The zero-order chi connectivity index (χ0) is 30.1. The second-order valence-corrected chi connectivity index (χ2v) is 13.8. The SMILES string of the molecule is COc1nc(N2CC3CCC(C2)N3)c2c(=O)n(C3CC3)c(-c3ccc(F)c4sc(N)nc34)cc2n1.FC1CC2CCCN2C1. The van der Waals surface area contributed by atoms with Gasteiger partial charge in [0.1, 0.15) is 23.2 Å². The average Bonchev–Trinajstić information content (AvgIpc) is 3.25. The number of nitrogens with two attached hydrogens (primary N) is 1. The lowest BCUT2D eigenvalue weighted by Gasteiger charge is -2.34. The number of aromatic nitrogens is 4. The van der Waals surface area contributed by atoms with Crippen molar-refractivity contribution in [2.75, 3.05) is 43.9 Å². The summed E-state index contributed by atoms with van der Waals surface area (Å²) in [5.41, 5.74) is 8.09. The highest BCUT2D eigenvalue weighted by atomic mass is 32.1. The van der Waals surface area contributed by atoms with Crippen LogP contribution in [0.15, 0.2) is 23.0 Å². The van der Waals surface area contributed by atoms with Gasteiger partial charge in [-0.3, -0.25) is 9.69 Å². The summed E-state index contributed by atoms with van der Waals surface area (Å²) in [6.45, 7) is 3.43. The topological polar surface area (TPSA) is 114 Å². The Bertz CT molecular complexity index is 1790. The number of ether oxygens (including phenoxy) is 1. The highest BCUT2D eigenvalue weighted by Gasteiger charge is 2.36. The summed E-state index contributed by atoms with van der Waals surface area (Å²) in [7, 11) is 1.53. The number of nitrogens with zero attached hydrogens (tertiary/aromatic N) is 6. The molecule has 10 nitrogen and oxygen atoms in total. The molecule has 1 saturated carbocycles. The third kappa shape index (κ3) is 4.89. The molecular weight excluding hydrogens is 586 g/mol. The molecule has 3 N–H and O–H groups in total. The molecule has 7 heterocycles. The van der Waals surface area contributed by atoms with Gasteiger partial charge < -0.3 is 25.3 Å². The Morgan fingerprint density at radius 2 is 1.84 bits per heavy atom. The Balaban J connectivity index is 0.000000274. The molecule has 44 heavy (non-hydrogen) atoms. The summed E-state index contributed by atoms with van der Waals surface area (Å²) in [5.74, 6) is 0.247. The van der Waals surface area contributed by atoms with E-state index in [2.05, 4.69) is 30.1 Å². The first kappa shape index (κ1) is 28.1. The van der Waals surface area contributed by atoms with E-state index in [0.717, 1.165) is 63.1 Å². The maximum Gasteiger partial charge on any atom is 0.318 e. The van der Waals surface area contributed by atoms with Crippen molar-refractivity contribution < 1.29 is 13.5 Å². The Morgan fingerprint density at radius 1 is 1.05 bits per heavy atom. The fourth-order valence-corrected chi connectivity index (χ4v) is 8.37. The summed E-state index contributed by atoms with van der Waals surface area (Å²) in [4.78, 5) is 32.2. The predicted octanol–water partition coefficient (Wildman–Crippen LogP) is 4.27. The molecule has 5 fully saturated rings. The number of alkyl halides is 1. The molecule has 5 aliphatic rings. The average molecular weight is 623 g/mol. The molecule has 1 aromatic carbocycles. The standard InChI is InChI=1S/C24H24FN7O2S.C7H12FN/c1-34-24-28-16-8-17(14-6-7-15(25)20-19(14)29-23(26)35-20)32(13-4-5-13)22(33)18(16)21(30-24)31-9-11-2-3-12(10-31)27-11;8-6-4-7-2-1-3-9(7)5-6/h6-8,11-13,27H,2-5,9-10H2,1H3,(H2,26,29);6-7H,1-5H2. The lowest BCUT2D eigenvalue weighted by Crippen LogP contribution is -2.51. The molecule has 4 saturated heterocycles. The van der Waals surface area contributed by atoms with Crippen molar-refractivity contribution in [3.8, 4) is 17.3 Å². The van der Waals surface area contributed by atoms with Gasteiger partial charge in [0.2, 0.25) is 0 Å². The summed E-state index contributed by atoms with van der Waals surface area (Å²) in [5, 5.41) is 4.41. The van der Waals surface area contributed by atoms with Gasteiger partial charge in [-0.25, -0.2) is 13.8 Å². The third-order valence-corrected chi connectivity index (χ3v) is 10.6. The number of piperazine rings is 1. The molecule has 232 valence electrons. The zero-order valence-corrected chi connectivity index (χ0v) is 25.5. The highest BCUT2D eigenvalue weighted by molar-refractivity contribution is 7.22. The molecule has 0 amide bonds. The van der Waals surface area contributed by atoms with E-state index in [1.165, 1.54) is 26.0 Å². The third-order valence-electron chi connectivity index (χ3n) is 9.72. The molecule has 4 aliphatic heterocycles. The Labute approximate surface area is 257 Å². The summed E-state index contributed by atoms with van der Waals surface area (Å²) in [6.07, 6.45) is 6.87. The summed E-state index contributed by atoms with van der Waals surface area (Å²) >= 11 is 1.10. The van der Waals surface area contributed by atoms with E-state index in [9.17, 15) is 13.6 Å². The van der Waals surface area contributed by atoms with Crippen LogP contribution in [0.25, 0.3) is 32.4 Å². The van der Waals surface area contributed by atoms with Gasteiger partial charge in [0.25, 0.3) is 5.56 Å². The number of fused-ring (bicyclic) bond motifs is 5. The van der Waals surface area contributed by atoms with E-state index in [0.29, 0.717) is 62.9 Å². The van der Waals surface area contributed by atoms with Crippen molar-refractivity contribution in [1.29, 1.82) is 0 Å². The molecule has 3 aromatic heterocycles.